The molecular formula is C21H21N3O2. The van der Waals surface area contributed by atoms with Crippen LogP contribution in [0.5, 0.6) is 0 Å². The lowest BCUT2D eigenvalue weighted by molar-refractivity contribution is -0.121. The highest BCUT2D eigenvalue weighted by Gasteiger charge is 2.34. The zero-order valence-corrected chi connectivity index (χ0v) is 14.9. The summed E-state index contributed by atoms with van der Waals surface area (Å²) in [5.41, 5.74) is 3.48. The van der Waals surface area contributed by atoms with E-state index >= 15 is 0 Å². The fourth-order valence-corrected chi connectivity index (χ4v) is 3.44. The Morgan fingerprint density at radius 1 is 1.12 bits per heavy atom. The number of carbonyl (C=O) groups excluding carboxylic acids is 2. The Morgan fingerprint density at radius 3 is 2.58 bits per heavy atom. The van der Waals surface area contributed by atoms with E-state index in [1.165, 1.54) is 0 Å². The number of aromatic nitrogens is 1. The standard InChI is InChI=1S/C21H21N3O2/c1-14-7-9-17(10-8-14)24-12-15(2)23(13-20(24)25)21(26)19-11-16-5-3-4-6-18(16)22-19/h3-11,15,22H,12-13H2,1-2H3. The minimum atomic E-state index is -0.134. The molecule has 1 aliphatic rings. The number of amides is 2. The molecule has 0 spiro atoms. The maximum Gasteiger partial charge on any atom is 0.271 e. The average Bonchev–Trinajstić information content (AvgIpc) is 3.08. The summed E-state index contributed by atoms with van der Waals surface area (Å²) in [6.45, 7) is 4.58. The highest BCUT2D eigenvalue weighted by atomic mass is 16.2. The molecule has 4 rings (SSSR count). The number of nitrogens with zero attached hydrogens (tertiary/aromatic N) is 2. The van der Waals surface area contributed by atoms with Gasteiger partial charge in [-0.1, -0.05) is 35.9 Å². The van der Waals surface area contributed by atoms with Gasteiger partial charge in [-0.3, -0.25) is 9.59 Å². The molecule has 1 fully saturated rings. The van der Waals surface area contributed by atoms with Crippen molar-refractivity contribution in [3.63, 3.8) is 0 Å². The van der Waals surface area contributed by atoms with Gasteiger partial charge in [0.1, 0.15) is 12.2 Å². The van der Waals surface area contributed by atoms with Crippen LogP contribution in [0.15, 0.2) is 54.6 Å². The SMILES string of the molecule is Cc1ccc(N2CC(C)N(C(=O)c3cc4ccccc4[nH]3)CC2=O)cc1. The fraction of sp³-hybridized carbons (Fsp3) is 0.238. The lowest BCUT2D eigenvalue weighted by Crippen LogP contribution is -2.57. The number of rotatable bonds is 2. The third-order valence-corrected chi connectivity index (χ3v) is 4.95. The molecule has 1 aromatic heterocycles. The molecule has 0 saturated carbocycles. The molecule has 2 aromatic carbocycles. The molecule has 1 aliphatic heterocycles. The van der Waals surface area contributed by atoms with E-state index in [0.29, 0.717) is 12.2 Å². The zero-order valence-electron chi connectivity index (χ0n) is 14.9. The van der Waals surface area contributed by atoms with Gasteiger partial charge in [0.05, 0.1) is 0 Å². The number of carbonyl (C=O) groups is 2. The smallest absolute Gasteiger partial charge is 0.271 e. The Kier molecular flexibility index (Phi) is 3.99. The maximum absolute atomic E-state index is 12.9. The van der Waals surface area contributed by atoms with Crippen LogP contribution in [0, 0.1) is 6.92 Å². The number of hydrogen-bond donors (Lipinski definition) is 1. The molecule has 1 atom stereocenters. The molecule has 5 heteroatoms. The lowest BCUT2D eigenvalue weighted by Gasteiger charge is -2.39. The van der Waals surface area contributed by atoms with Gasteiger partial charge in [-0.15, -0.1) is 0 Å². The Bertz CT molecular complexity index is 941. The van der Waals surface area contributed by atoms with Crippen molar-refractivity contribution in [3.05, 3.63) is 65.9 Å². The number of nitrogens with one attached hydrogen (secondary N) is 1. The number of fused-ring (bicyclic) bond motifs is 1. The van der Waals surface area contributed by atoms with E-state index in [1.807, 2.05) is 68.4 Å². The molecule has 0 aliphatic carbocycles. The number of aryl methyl sites for hydroxylation is 1. The van der Waals surface area contributed by atoms with Crippen LogP contribution < -0.4 is 4.90 Å². The van der Waals surface area contributed by atoms with Crippen molar-refractivity contribution in [2.75, 3.05) is 18.0 Å². The summed E-state index contributed by atoms with van der Waals surface area (Å²) in [6, 6.07) is 17.5. The van der Waals surface area contributed by atoms with Crippen LogP contribution in [-0.2, 0) is 4.79 Å². The highest BCUT2D eigenvalue weighted by Crippen LogP contribution is 2.23. The Hall–Kier alpha value is -3.08. The summed E-state index contributed by atoms with van der Waals surface area (Å²) in [7, 11) is 0. The van der Waals surface area contributed by atoms with Crippen molar-refractivity contribution in [2.45, 2.75) is 19.9 Å². The molecule has 0 radical (unpaired) electrons. The second kappa shape index (κ2) is 6.33. The van der Waals surface area contributed by atoms with E-state index in [0.717, 1.165) is 22.2 Å². The van der Waals surface area contributed by atoms with Crippen molar-refractivity contribution >= 4 is 28.4 Å². The third-order valence-electron chi connectivity index (χ3n) is 4.95. The fourth-order valence-electron chi connectivity index (χ4n) is 3.44. The number of H-pyrrole nitrogens is 1. The molecule has 1 unspecified atom stereocenters. The molecule has 2 heterocycles. The van der Waals surface area contributed by atoms with Crippen LogP contribution >= 0.6 is 0 Å². The molecule has 1 N–H and O–H groups in total. The van der Waals surface area contributed by atoms with Gasteiger partial charge in [0.25, 0.3) is 5.91 Å². The number of para-hydroxylation sites is 1. The van der Waals surface area contributed by atoms with Gasteiger partial charge in [-0.25, -0.2) is 0 Å². The summed E-state index contributed by atoms with van der Waals surface area (Å²) in [5.74, 6) is -0.193. The van der Waals surface area contributed by atoms with Crippen molar-refractivity contribution in [1.82, 2.24) is 9.88 Å². The normalized spacial score (nSPS) is 17.8. The van der Waals surface area contributed by atoms with Crippen LogP contribution in [0.25, 0.3) is 10.9 Å². The molecule has 5 nitrogen and oxygen atoms in total. The minimum absolute atomic E-state index is 0.0589. The maximum atomic E-state index is 12.9. The third kappa shape index (κ3) is 2.86. The van der Waals surface area contributed by atoms with E-state index in [1.54, 1.807) is 9.80 Å². The lowest BCUT2D eigenvalue weighted by atomic mass is 10.1. The highest BCUT2D eigenvalue weighted by molar-refractivity contribution is 6.03. The summed E-state index contributed by atoms with van der Waals surface area (Å²) < 4.78 is 0. The first-order valence-corrected chi connectivity index (χ1v) is 8.78. The van der Waals surface area contributed by atoms with Crippen LogP contribution in [0.3, 0.4) is 0 Å². The molecule has 0 bridgehead atoms. The summed E-state index contributed by atoms with van der Waals surface area (Å²) in [6.07, 6.45) is 0. The largest absolute Gasteiger partial charge is 0.351 e. The summed E-state index contributed by atoms with van der Waals surface area (Å²) >= 11 is 0. The van der Waals surface area contributed by atoms with Gasteiger partial charge < -0.3 is 14.8 Å². The molecule has 26 heavy (non-hydrogen) atoms. The first kappa shape index (κ1) is 16.4. The van der Waals surface area contributed by atoms with Gasteiger partial charge in [0.15, 0.2) is 0 Å². The Morgan fingerprint density at radius 2 is 1.85 bits per heavy atom. The van der Waals surface area contributed by atoms with Crippen molar-refractivity contribution in [2.24, 2.45) is 0 Å². The van der Waals surface area contributed by atoms with E-state index in [4.69, 9.17) is 0 Å². The molecule has 2 amide bonds. The molecule has 132 valence electrons. The Labute approximate surface area is 152 Å². The first-order valence-electron chi connectivity index (χ1n) is 8.78. The van der Waals surface area contributed by atoms with Gasteiger partial charge in [0, 0.05) is 29.2 Å². The first-order chi connectivity index (χ1) is 12.5. The predicted octanol–water partition coefficient (Wildman–Crippen LogP) is 3.35. The van der Waals surface area contributed by atoms with Crippen LogP contribution in [0.1, 0.15) is 23.0 Å². The second-order valence-electron chi connectivity index (χ2n) is 6.89. The van der Waals surface area contributed by atoms with Crippen LogP contribution in [-0.4, -0.2) is 40.8 Å². The van der Waals surface area contributed by atoms with Crippen molar-refractivity contribution in [3.8, 4) is 0 Å². The minimum Gasteiger partial charge on any atom is -0.351 e. The van der Waals surface area contributed by atoms with E-state index in [2.05, 4.69) is 4.98 Å². The van der Waals surface area contributed by atoms with Gasteiger partial charge in [-0.2, -0.15) is 0 Å². The van der Waals surface area contributed by atoms with E-state index in [-0.39, 0.29) is 24.4 Å². The number of hydrogen-bond acceptors (Lipinski definition) is 2. The van der Waals surface area contributed by atoms with Crippen LogP contribution in [0.2, 0.25) is 0 Å². The average molecular weight is 347 g/mol. The van der Waals surface area contributed by atoms with Gasteiger partial charge >= 0.3 is 0 Å². The quantitative estimate of drug-likeness (QED) is 0.773. The number of benzene rings is 2. The van der Waals surface area contributed by atoms with Gasteiger partial charge in [0.2, 0.25) is 5.91 Å². The second-order valence-corrected chi connectivity index (χ2v) is 6.89. The van der Waals surface area contributed by atoms with Gasteiger partial charge in [-0.05, 0) is 38.1 Å². The number of aromatic amines is 1. The van der Waals surface area contributed by atoms with E-state index in [9.17, 15) is 9.59 Å². The summed E-state index contributed by atoms with van der Waals surface area (Å²) in [5, 5.41) is 0.994. The monoisotopic (exact) mass is 347 g/mol. The molecule has 1 saturated heterocycles. The van der Waals surface area contributed by atoms with E-state index < -0.39 is 0 Å². The molecule has 3 aromatic rings. The van der Waals surface area contributed by atoms with Crippen LogP contribution in [0.4, 0.5) is 5.69 Å². The van der Waals surface area contributed by atoms with Crippen molar-refractivity contribution < 1.29 is 9.59 Å². The number of piperazine rings is 1. The summed E-state index contributed by atoms with van der Waals surface area (Å²) in [4.78, 5) is 32.2. The molecular weight excluding hydrogens is 326 g/mol. The van der Waals surface area contributed by atoms with Crippen molar-refractivity contribution in [1.29, 1.82) is 0 Å². The number of anilines is 1. The zero-order chi connectivity index (χ0) is 18.3. The predicted molar refractivity (Wildman–Crippen MR) is 102 cm³/mol. The Balaban J connectivity index is 1.56. The topological polar surface area (TPSA) is 56.4 Å².